The van der Waals surface area contributed by atoms with Gasteiger partial charge in [0.1, 0.15) is 0 Å². The molecule has 0 rings (SSSR count). The van der Waals surface area contributed by atoms with Gasteiger partial charge in [-0.1, -0.05) is 84.0 Å². The van der Waals surface area contributed by atoms with Crippen LogP contribution in [0.5, 0.6) is 0 Å². The van der Waals surface area contributed by atoms with Gasteiger partial charge in [-0.05, 0) is 13.3 Å². The van der Waals surface area contributed by atoms with E-state index in [1.807, 2.05) is 0 Å². The van der Waals surface area contributed by atoms with Crippen molar-refractivity contribution >= 4 is 67.8 Å². The Balaban J connectivity index is 0. The van der Waals surface area contributed by atoms with E-state index in [9.17, 15) is 13.2 Å². The summed E-state index contributed by atoms with van der Waals surface area (Å²) in [6.45, 7) is 3.73. The Morgan fingerprint density at radius 1 is 0.720 bits per heavy atom. The molecule has 0 aliphatic rings. The van der Waals surface area contributed by atoms with Gasteiger partial charge in [0, 0.05) is 6.42 Å². The van der Waals surface area contributed by atoms with Crippen molar-refractivity contribution in [3.8, 4) is 0 Å². The van der Waals surface area contributed by atoms with Gasteiger partial charge in [-0.15, -0.1) is 0 Å². The van der Waals surface area contributed by atoms with Gasteiger partial charge in [-0.25, -0.2) is 4.18 Å². The van der Waals surface area contributed by atoms with Crippen LogP contribution in [0.2, 0.25) is 0 Å². The van der Waals surface area contributed by atoms with Crippen molar-refractivity contribution in [3.05, 3.63) is 0 Å². The number of hydrogen-bond donors (Lipinski definition) is 0. The number of rotatable bonds is 17. The summed E-state index contributed by atoms with van der Waals surface area (Å²) < 4.78 is 30.9. The average molecular weight is 405 g/mol. The molecule has 0 aliphatic carbocycles. The second-order valence-corrected chi connectivity index (χ2v) is 7.48. The summed E-state index contributed by atoms with van der Waals surface area (Å²) >= 11 is 0. The number of hydrogen-bond acceptors (Lipinski definition) is 5. The Bertz CT molecular complexity index is 398. The first kappa shape index (κ1) is 28.2. The van der Waals surface area contributed by atoms with Gasteiger partial charge in [-0.3, -0.25) is 4.79 Å². The van der Waals surface area contributed by atoms with Crippen LogP contribution in [0.4, 0.5) is 0 Å². The van der Waals surface area contributed by atoms with Crippen molar-refractivity contribution in [2.45, 2.75) is 104 Å². The Labute approximate surface area is 197 Å². The molecule has 0 fully saturated rings. The normalized spacial score (nSPS) is 11.1. The molecule has 0 saturated carbocycles. The summed E-state index contributed by atoms with van der Waals surface area (Å²) in [7, 11) is -4.15. The third-order valence-electron chi connectivity index (χ3n) is 3.94. The fraction of sp³-hybridized carbons (Fsp3) is 0.944. The molecular weight excluding hydrogens is 367 g/mol. The van der Waals surface area contributed by atoms with Gasteiger partial charge in [-0.2, -0.15) is 8.42 Å². The first-order valence-corrected chi connectivity index (χ1v) is 11.0. The van der Waals surface area contributed by atoms with Crippen LogP contribution in [0, 0.1) is 0 Å². The minimum atomic E-state index is -4.15. The van der Waals surface area contributed by atoms with Gasteiger partial charge in [0.25, 0.3) is 0 Å². The second kappa shape index (κ2) is 19.8. The third kappa shape index (κ3) is 21.2. The van der Waals surface area contributed by atoms with E-state index in [0.29, 0.717) is 6.42 Å². The molecule has 0 radical (unpaired) electrons. The molecule has 0 aromatic heterocycles. The quantitative estimate of drug-likeness (QED) is 0.261. The summed E-state index contributed by atoms with van der Waals surface area (Å²) in [6.07, 6.45) is 16.0. The topological polar surface area (TPSA) is 69.7 Å². The zero-order valence-electron chi connectivity index (χ0n) is 15.6. The van der Waals surface area contributed by atoms with E-state index < -0.39 is 16.4 Å². The van der Waals surface area contributed by atoms with E-state index in [4.69, 9.17) is 0 Å². The predicted octanol–water partition coefficient (Wildman–Crippen LogP) is 4.64. The molecule has 0 bridgehead atoms. The van der Waals surface area contributed by atoms with Crippen LogP contribution in [-0.4, -0.2) is 72.4 Å². The van der Waals surface area contributed by atoms with Crippen molar-refractivity contribution < 1.29 is 21.6 Å². The fourth-order valence-electron chi connectivity index (χ4n) is 2.61. The van der Waals surface area contributed by atoms with Crippen molar-refractivity contribution in [1.29, 1.82) is 0 Å². The average Bonchev–Trinajstić information content (AvgIpc) is 2.51. The molecule has 0 atom stereocenters. The number of unbranched alkanes of at least 4 members (excludes halogenated alkanes) is 12. The van der Waals surface area contributed by atoms with Gasteiger partial charge < -0.3 is 4.18 Å². The van der Waals surface area contributed by atoms with Crippen LogP contribution in [0.3, 0.4) is 0 Å². The third-order valence-corrected chi connectivity index (χ3v) is 4.86. The Morgan fingerprint density at radius 3 is 1.52 bits per heavy atom. The zero-order chi connectivity index (χ0) is 18.1. The molecule has 0 spiro atoms. The molecule has 5 nitrogen and oxygen atoms in total. The van der Waals surface area contributed by atoms with E-state index in [1.165, 1.54) is 71.1 Å². The van der Waals surface area contributed by atoms with Crippen molar-refractivity contribution in [3.63, 3.8) is 0 Å². The maximum atomic E-state index is 11.4. The molecular formula is C18H37KO5S. The zero-order valence-corrected chi connectivity index (χ0v) is 16.4. The Kier molecular flexibility index (Phi) is 22.3. The molecule has 0 aliphatic heterocycles. The van der Waals surface area contributed by atoms with E-state index in [-0.39, 0.29) is 64.4 Å². The molecule has 0 saturated heterocycles. The van der Waals surface area contributed by atoms with Crippen molar-refractivity contribution in [1.82, 2.24) is 0 Å². The molecule has 25 heavy (non-hydrogen) atoms. The van der Waals surface area contributed by atoms with E-state index in [0.717, 1.165) is 12.8 Å². The molecule has 7 heteroatoms. The van der Waals surface area contributed by atoms with Gasteiger partial charge in [0.15, 0.2) is 0 Å². The molecule has 0 aromatic carbocycles. The molecule has 0 N–H and O–H groups in total. The SMILES string of the molecule is CCCCCCCCCCCCCCCC(=O)OS(=O)(=O)OCC.[KH]. The van der Waals surface area contributed by atoms with E-state index in [2.05, 4.69) is 15.3 Å². The standard InChI is InChI=1S/C18H36O5S.K.H/c1-3-5-6-7-8-9-10-11-12-13-14-15-16-17-18(19)23-24(20,21)22-4-2;;/h3-17H2,1-2H3;;. The minimum absolute atomic E-state index is 0. The summed E-state index contributed by atoms with van der Waals surface area (Å²) in [6, 6.07) is 0. The molecule has 146 valence electrons. The first-order chi connectivity index (χ1) is 11.5. The van der Waals surface area contributed by atoms with Crippen LogP contribution in [0.1, 0.15) is 104 Å². The van der Waals surface area contributed by atoms with Crippen LogP contribution < -0.4 is 0 Å². The maximum absolute atomic E-state index is 11.4. The van der Waals surface area contributed by atoms with Crippen molar-refractivity contribution in [2.24, 2.45) is 0 Å². The molecule has 0 aromatic rings. The Hall–Kier alpha value is 1.02. The van der Waals surface area contributed by atoms with Crippen LogP contribution in [0.15, 0.2) is 0 Å². The van der Waals surface area contributed by atoms with E-state index in [1.54, 1.807) is 0 Å². The van der Waals surface area contributed by atoms with Crippen LogP contribution in [0.25, 0.3) is 0 Å². The van der Waals surface area contributed by atoms with Crippen LogP contribution in [-0.2, 0) is 23.6 Å². The van der Waals surface area contributed by atoms with Crippen molar-refractivity contribution in [2.75, 3.05) is 6.61 Å². The van der Waals surface area contributed by atoms with Gasteiger partial charge >= 0.3 is 67.8 Å². The van der Waals surface area contributed by atoms with Crippen LogP contribution >= 0.6 is 0 Å². The molecule has 0 heterocycles. The second-order valence-electron chi connectivity index (χ2n) is 6.26. The summed E-state index contributed by atoms with van der Waals surface area (Å²) in [5.41, 5.74) is 0. The summed E-state index contributed by atoms with van der Waals surface area (Å²) in [5, 5.41) is 0. The number of carbonyl (C=O) groups is 1. The first-order valence-electron chi connectivity index (χ1n) is 9.63. The van der Waals surface area contributed by atoms with Gasteiger partial charge in [0.05, 0.1) is 6.61 Å². The predicted molar refractivity (Wildman–Crippen MR) is 104 cm³/mol. The Morgan fingerprint density at radius 2 is 1.12 bits per heavy atom. The summed E-state index contributed by atoms with van der Waals surface area (Å²) in [5.74, 6) is -0.730. The van der Waals surface area contributed by atoms with E-state index >= 15 is 0 Å². The molecule has 0 amide bonds. The molecule has 0 unspecified atom stereocenters. The summed E-state index contributed by atoms with van der Waals surface area (Å²) in [4.78, 5) is 11.4. The van der Waals surface area contributed by atoms with Gasteiger partial charge in [0.2, 0.25) is 0 Å². The number of carbonyl (C=O) groups excluding carboxylic acids is 1. The monoisotopic (exact) mass is 404 g/mol. The fourth-order valence-corrected chi connectivity index (χ4v) is 3.26.